The minimum absolute atomic E-state index is 0.332. The van der Waals surface area contributed by atoms with Crippen LogP contribution in [0.3, 0.4) is 0 Å². The van der Waals surface area contributed by atoms with Crippen molar-refractivity contribution in [2.45, 2.75) is 38.4 Å². The van der Waals surface area contributed by atoms with E-state index in [1.165, 1.54) is 12.8 Å². The van der Waals surface area contributed by atoms with Gasteiger partial charge in [0.25, 0.3) is 0 Å². The number of hydrogen-bond acceptors (Lipinski definition) is 4. The molecular weight excluding hydrogens is 194 g/mol. The Balaban J connectivity index is 1.94. The fraction of sp³-hybridized carbons (Fsp3) is 1.00. The van der Waals surface area contributed by atoms with Crippen molar-refractivity contribution in [3.05, 3.63) is 0 Å². The van der Waals surface area contributed by atoms with Crippen molar-refractivity contribution in [2.75, 3.05) is 32.9 Å². The number of nitrogens with one attached hydrogen (secondary N) is 1. The summed E-state index contributed by atoms with van der Waals surface area (Å²) in [5, 5.41) is 12.7. The number of ether oxygens (including phenoxy) is 2. The zero-order chi connectivity index (χ0) is 10.9. The molecular formula is C11H23NO3. The first-order valence-electron chi connectivity index (χ1n) is 5.91. The van der Waals surface area contributed by atoms with Gasteiger partial charge in [-0.1, -0.05) is 0 Å². The maximum absolute atomic E-state index is 9.48. The number of aliphatic hydroxyl groups excluding tert-OH is 1. The van der Waals surface area contributed by atoms with Crippen LogP contribution in [0.15, 0.2) is 0 Å². The molecule has 4 heteroatoms. The van der Waals surface area contributed by atoms with Crippen LogP contribution in [0.2, 0.25) is 0 Å². The first-order valence-corrected chi connectivity index (χ1v) is 5.91. The number of hydrogen-bond donors (Lipinski definition) is 2. The maximum Gasteiger partial charge on any atom is 0.0897 e. The van der Waals surface area contributed by atoms with E-state index in [4.69, 9.17) is 9.47 Å². The van der Waals surface area contributed by atoms with Gasteiger partial charge < -0.3 is 19.9 Å². The molecule has 0 aliphatic carbocycles. The van der Waals surface area contributed by atoms with E-state index in [0.29, 0.717) is 25.9 Å². The molecule has 90 valence electrons. The molecule has 0 aromatic carbocycles. The van der Waals surface area contributed by atoms with Crippen molar-refractivity contribution in [3.63, 3.8) is 0 Å². The summed E-state index contributed by atoms with van der Waals surface area (Å²) in [6.07, 6.45) is 3.50. The van der Waals surface area contributed by atoms with Gasteiger partial charge in [0.15, 0.2) is 0 Å². The molecule has 0 amide bonds. The Hall–Kier alpha value is -0.160. The molecule has 2 atom stereocenters. The fourth-order valence-corrected chi connectivity index (χ4v) is 1.69. The predicted molar refractivity (Wildman–Crippen MR) is 59.0 cm³/mol. The Bertz CT molecular complexity index is 149. The van der Waals surface area contributed by atoms with Crippen molar-refractivity contribution in [1.29, 1.82) is 0 Å². The molecule has 2 N–H and O–H groups in total. The molecule has 1 aliphatic heterocycles. The molecule has 1 saturated heterocycles. The highest BCUT2D eigenvalue weighted by molar-refractivity contribution is 4.68. The standard InChI is InChI=1S/C11H23NO3/c1-2-14-9-10(13)7-12-8-11-5-3-4-6-15-11/h10-13H,2-9H2,1H3. The molecule has 1 rings (SSSR count). The molecule has 15 heavy (non-hydrogen) atoms. The summed E-state index contributed by atoms with van der Waals surface area (Å²) >= 11 is 0. The fourth-order valence-electron chi connectivity index (χ4n) is 1.69. The predicted octanol–water partition coefficient (Wildman–Crippen LogP) is 0.542. The summed E-state index contributed by atoms with van der Waals surface area (Å²) in [6, 6.07) is 0. The van der Waals surface area contributed by atoms with Gasteiger partial charge in [0, 0.05) is 26.3 Å². The SMILES string of the molecule is CCOCC(O)CNCC1CCCCO1. The van der Waals surface area contributed by atoms with Crippen molar-refractivity contribution >= 4 is 0 Å². The maximum atomic E-state index is 9.48. The Morgan fingerprint density at radius 3 is 3.07 bits per heavy atom. The van der Waals surface area contributed by atoms with Crippen molar-refractivity contribution in [3.8, 4) is 0 Å². The van der Waals surface area contributed by atoms with E-state index in [1.54, 1.807) is 0 Å². The van der Waals surface area contributed by atoms with Crippen LogP contribution in [0.4, 0.5) is 0 Å². The van der Waals surface area contributed by atoms with E-state index in [-0.39, 0.29) is 0 Å². The molecule has 1 fully saturated rings. The van der Waals surface area contributed by atoms with Crippen LogP contribution in [0.1, 0.15) is 26.2 Å². The van der Waals surface area contributed by atoms with Crippen LogP contribution in [0.25, 0.3) is 0 Å². The lowest BCUT2D eigenvalue weighted by Gasteiger charge is -2.23. The van der Waals surface area contributed by atoms with Crippen LogP contribution in [-0.2, 0) is 9.47 Å². The quantitative estimate of drug-likeness (QED) is 0.653. The van der Waals surface area contributed by atoms with Gasteiger partial charge in [0.05, 0.1) is 18.8 Å². The smallest absolute Gasteiger partial charge is 0.0897 e. The van der Waals surface area contributed by atoms with Crippen LogP contribution >= 0.6 is 0 Å². The van der Waals surface area contributed by atoms with Crippen molar-refractivity contribution in [2.24, 2.45) is 0 Å². The van der Waals surface area contributed by atoms with Gasteiger partial charge in [-0.15, -0.1) is 0 Å². The summed E-state index contributed by atoms with van der Waals surface area (Å²) in [7, 11) is 0. The molecule has 0 aromatic rings. The lowest BCUT2D eigenvalue weighted by Crippen LogP contribution is -2.37. The Labute approximate surface area is 92.0 Å². The largest absolute Gasteiger partial charge is 0.389 e. The Morgan fingerprint density at radius 2 is 2.40 bits per heavy atom. The normalized spacial score (nSPS) is 24.0. The minimum Gasteiger partial charge on any atom is -0.389 e. The molecule has 0 radical (unpaired) electrons. The van der Waals surface area contributed by atoms with Gasteiger partial charge in [-0.25, -0.2) is 0 Å². The van der Waals surface area contributed by atoms with Gasteiger partial charge in [-0.2, -0.15) is 0 Å². The van der Waals surface area contributed by atoms with E-state index in [2.05, 4.69) is 5.32 Å². The van der Waals surface area contributed by atoms with Gasteiger partial charge in [0.1, 0.15) is 0 Å². The van der Waals surface area contributed by atoms with Crippen molar-refractivity contribution in [1.82, 2.24) is 5.32 Å². The van der Waals surface area contributed by atoms with E-state index in [9.17, 15) is 5.11 Å². The van der Waals surface area contributed by atoms with Crippen LogP contribution in [0.5, 0.6) is 0 Å². The molecule has 0 saturated carbocycles. The summed E-state index contributed by atoms with van der Waals surface area (Å²) in [5.41, 5.74) is 0. The van der Waals surface area contributed by atoms with Crippen molar-refractivity contribution < 1.29 is 14.6 Å². The summed E-state index contributed by atoms with van der Waals surface area (Å²) in [6.45, 7) is 5.30. The average Bonchev–Trinajstić information content (AvgIpc) is 2.28. The molecule has 1 heterocycles. The second-order valence-corrected chi connectivity index (χ2v) is 3.96. The first kappa shape index (κ1) is 12.9. The van der Waals surface area contributed by atoms with Crippen LogP contribution in [0, 0.1) is 0 Å². The number of aliphatic hydroxyl groups is 1. The summed E-state index contributed by atoms with van der Waals surface area (Å²) < 4.78 is 10.7. The van der Waals surface area contributed by atoms with Gasteiger partial charge >= 0.3 is 0 Å². The molecule has 0 spiro atoms. The van der Waals surface area contributed by atoms with Crippen LogP contribution in [-0.4, -0.2) is 50.2 Å². The second-order valence-electron chi connectivity index (χ2n) is 3.96. The lowest BCUT2D eigenvalue weighted by molar-refractivity contribution is 0.0104. The zero-order valence-corrected chi connectivity index (χ0v) is 9.58. The first-order chi connectivity index (χ1) is 7.33. The topological polar surface area (TPSA) is 50.7 Å². The average molecular weight is 217 g/mol. The van der Waals surface area contributed by atoms with E-state index >= 15 is 0 Å². The Morgan fingerprint density at radius 1 is 1.53 bits per heavy atom. The molecule has 0 aromatic heterocycles. The third-order valence-corrected chi connectivity index (χ3v) is 2.54. The zero-order valence-electron chi connectivity index (χ0n) is 9.58. The summed E-state index contributed by atoms with van der Waals surface area (Å²) in [5.74, 6) is 0. The molecule has 2 unspecified atom stereocenters. The summed E-state index contributed by atoms with van der Waals surface area (Å²) in [4.78, 5) is 0. The highest BCUT2D eigenvalue weighted by Gasteiger charge is 2.13. The molecule has 0 bridgehead atoms. The monoisotopic (exact) mass is 217 g/mol. The van der Waals surface area contributed by atoms with Gasteiger partial charge in [0.2, 0.25) is 0 Å². The second kappa shape index (κ2) is 8.05. The van der Waals surface area contributed by atoms with E-state index in [0.717, 1.165) is 19.6 Å². The highest BCUT2D eigenvalue weighted by atomic mass is 16.5. The minimum atomic E-state index is -0.409. The lowest BCUT2D eigenvalue weighted by atomic mass is 10.1. The third kappa shape index (κ3) is 6.10. The van der Waals surface area contributed by atoms with E-state index in [1.807, 2.05) is 6.92 Å². The van der Waals surface area contributed by atoms with Crippen LogP contribution < -0.4 is 5.32 Å². The third-order valence-electron chi connectivity index (χ3n) is 2.54. The Kier molecular flexibility index (Phi) is 6.92. The molecule has 4 nitrogen and oxygen atoms in total. The van der Waals surface area contributed by atoms with Gasteiger partial charge in [-0.05, 0) is 26.2 Å². The van der Waals surface area contributed by atoms with Gasteiger partial charge in [-0.3, -0.25) is 0 Å². The molecule has 1 aliphatic rings. The highest BCUT2D eigenvalue weighted by Crippen LogP contribution is 2.11. The number of rotatable bonds is 7. The van der Waals surface area contributed by atoms with E-state index < -0.39 is 6.10 Å².